The van der Waals surface area contributed by atoms with Gasteiger partial charge in [-0.2, -0.15) is 0 Å². The number of aromatic amines is 1. The molecular formula is C32H35N3O5S. The second kappa shape index (κ2) is 11.5. The van der Waals surface area contributed by atoms with E-state index in [0.717, 1.165) is 46.3 Å². The Hall–Kier alpha value is -3.98. The van der Waals surface area contributed by atoms with Crippen LogP contribution >= 0.6 is 11.3 Å². The predicted octanol–water partition coefficient (Wildman–Crippen LogP) is 6.72. The monoisotopic (exact) mass is 573 g/mol. The van der Waals surface area contributed by atoms with Crippen molar-refractivity contribution < 1.29 is 23.9 Å². The van der Waals surface area contributed by atoms with Crippen LogP contribution in [0.2, 0.25) is 0 Å². The Labute approximate surface area is 243 Å². The minimum absolute atomic E-state index is 0.144. The van der Waals surface area contributed by atoms with E-state index in [4.69, 9.17) is 9.47 Å². The molecule has 2 aromatic heterocycles. The molecule has 0 bridgehead atoms. The highest BCUT2D eigenvalue weighted by Gasteiger charge is 2.34. The Morgan fingerprint density at radius 1 is 1.07 bits per heavy atom. The van der Waals surface area contributed by atoms with E-state index in [2.05, 4.69) is 36.1 Å². The Morgan fingerprint density at radius 2 is 1.83 bits per heavy atom. The fraction of sp³-hybridized carbons (Fsp3) is 0.375. The highest BCUT2D eigenvalue weighted by molar-refractivity contribution is 7.17. The topological polar surface area (TPSA) is 110 Å². The van der Waals surface area contributed by atoms with Gasteiger partial charge in [0.2, 0.25) is 0 Å². The molecule has 0 saturated carbocycles. The first-order chi connectivity index (χ1) is 19.5. The predicted molar refractivity (Wildman–Crippen MR) is 160 cm³/mol. The van der Waals surface area contributed by atoms with Crippen LogP contribution in [0, 0.1) is 18.3 Å². The molecule has 2 N–H and O–H groups in total. The smallest absolute Gasteiger partial charge is 0.341 e. The van der Waals surface area contributed by atoms with Crippen molar-refractivity contribution in [2.75, 3.05) is 18.5 Å². The SMILES string of the molecule is CCOC(=O)c1c(NC(=O)COC(=O)c2ccc3nc(-c4ccc(C)cc4)[nH]c3c2)sc2c1CCC(C(C)(C)C)C2. The van der Waals surface area contributed by atoms with Crippen molar-refractivity contribution in [1.29, 1.82) is 0 Å². The van der Waals surface area contributed by atoms with Crippen molar-refractivity contribution in [3.63, 3.8) is 0 Å². The van der Waals surface area contributed by atoms with E-state index in [0.29, 0.717) is 33.4 Å². The summed E-state index contributed by atoms with van der Waals surface area (Å²) in [5, 5.41) is 3.26. The lowest BCUT2D eigenvalue weighted by Crippen LogP contribution is -2.26. The molecule has 2 aromatic carbocycles. The molecule has 9 heteroatoms. The van der Waals surface area contributed by atoms with Gasteiger partial charge in [-0.3, -0.25) is 4.79 Å². The van der Waals surface area contributed by atoms with Gasteiger partial charge >= 0.3 is 11.9 Å². The van der Waals surface area contributed by atoms with Crippen LogP contribution in [0.4, 0.5) is 5.00 Å². The van der Waals surface area contributed by atoms with Gasteiger partial charge in [0, 0.05) is 10.4 Å². The second-order valence-electron chi connectivity index (χ2n) is 11.5. The Kier molecular flexibility index (Phi) is 8.00. The number of H-pyrrole nitrogens is 1. The number of nitrogens with one attached hydrogen (secondary N) is 2. The number of carbonyl (C=O) groups is 3. The van der Waals surface area contributed by atoms with E-state index < -0.39 is 24.5 Å². The third kappa shape index (κ3) is 6.20. The molecule has 214 valence electrons. The summed E-state index contributed by atoms with van der Waals surface area (Å²) >= 11 is 1.41. The molecule has 8 nitrogen and oxygen atoms in total. The van der Waals surface area contributed by atoms with Gasteiger partial charge in [0.05, 0.1) is 28.8 Å². The Morgan fingerprint density at radius 3 is 2.54 bits per heavy atom. The zero-order valence-corrected chi connectivity index (χ0v) is 24.9. The number of rotatable bonds is 7. The number of imidazole rings is 1. The van der Waals surface area contributed by atoms with E-state index in [-0.39, 0.29) is 12.0 Å². The van der Waals surface area contributed by atoms with Crippen molar-refractivity contribution >= 4 is 45.2 Å². The maximum atomic E-state index is 12.9. The molecule has 41 heavy (non-hydrogen) atoms. The van der Waals surface area contributed by atoms with Crippen LogP contribution in [0.1, 0.15) is 70.8 Å². The number of esters is 2. The Bertz CT molecular complexity index is 1610. The minimum atomic E-state index is -0.627. The molecule has 1 aliphatic rings. The van der Waals surface area contributed by atoms with Crippen LogP contribution in [-0.2, 0) is 27.1 Å². The van der Waals surface area contributed by atoms with E-state index in [1.54, 1.807) is 25.1 Å². The van der Waals surface area contributed by atoms with Gasteiger partial charge in [-0.25, -0.2) is 14.6 Å². The van der Waals surface area contributed by atoms with E-state index in [1.807, 2.05) is 31.2 Å². The Balaban J connectivity index is 1.27. The number of hydrogen-bond acceptors (Lipinski definition) is 7. The number of benzene rings is 2. The average molecular weight is 574 g/mol. The molecule has 1 aliphatic carbocycles. The van der Waals surface area contributed by atoms with Gasteiger partial charge in [0.25, 0.3) is 5.91 Å². The van der Waals surface area contributed by atoms with Crippen molar-refractivity contribution in [2.45, 2.75) is 53.9 Å². The van der Waals surface area contributed by atoms with Gasteiger partial charge in [-0.05, 0) is 68.2 Å². The zero-order valence-electron chi connectivity index (χ0n) is 24.1. The number of thiophene rings is 1. The molecule has 5 rings (SSSR count). The summed E-state index contributed by atoms with van der Waals surface area (Å²) in [5.41, 5.74) is 5.34. The third-order valence-electron chi connectivity index (χ3n) is 7.60. The van der Waals surface area contributed by atoms with E-state index >= 15 is 0 Å². The number of anilines is 1. The first-order valence-electron chi connectivity index (χ1n) is 13.9. The van der Waals surface area contributed by atoms with Gasteiger partial charge in [-0.15, -0.1) is 11.3 Å². The number of aryl methyl sites for hydroxylation is 1. The van der Waals surface area contributed by atoms with Crippen molar-refractivity contribution in [1.82, 2.24) is 9.97 Å². The van der Waals surface area contributed by atoms with E-state index in [1.165, 1.54) is 11.3 Å². The maximum Gasteiger partial charge on any atom is 0.341 e. The lowest BCUT2D eigenvalue weighted by atomic mass is 9.72. The number of amides is 1. The van der Waals surface area contributed by atoms with Crippen molar-refractivity contribution in [3.8, 4) is 11.4 Å². The van der Waals surface area contributed by atoms with Gasteiger partial charge in [0.1, 0.15) is 10.8 Å². The summed E-state index contributed by atoms with van der Waals surface area (Å²) < 4.78 is 10.6. The van der Waals surface area contributed by atoms with E-state index in [9.17, 15) is 14.4 Å². The average Bonchev–Trinajstić information content (AvgIpc) is 3.52. The standard InChI is InChI=1S/C32H35N3O5S/c1-6-39-31(38)27-22-13-12-21(32(3,4)5)16-25(22)41-29(27)35-26(36)17-40-30(37)20-11-14-23-24(15-20)34-28(33-23)19-9-7-18(2)8-10-19/h7-11,14-15,21H,6,12-13,16-17H2,1-5H3,(H,33,34)(H,35,36). The third-order valence-corrected chi connectivity index (χ3v) is 8.77. The minimum Gasteiger partial charge on any atom is -0.462 e. The lowest BCUT2D eigenvalue weighted by molar-refractivity contribution is -0.119. The molecule has 1 atom stereocenters. The molecule has 0 radical (unpaired) electrons. The normalized spacial score (nSPS) is 14.9. The number of ether oxygens (including phenoxy) is 2. The number of hydrogen-bond donors (Lipinski definition) is 2. The van der Waals surface area contributed by atoms with Crippen LogP contribution in [-0.4, -0.2) is 41.0 Å². The summed E-state index contributed by atoms with van der Waals surface area (Å²) in [7, 11) is 0. The summed E-state index contributed by atoms with van der Waals surface area (Å²) in [6, 6.07) is 13.0. The van der Waals surface area contributed by atoms with Crippen LogP contribution in [0.5, 0.6) is 0 Å². The van der Waals surface area contributed by atoms with Crippen LogP contribution in [0.3, 0.4) is 0 Å². The highest BCUT2D eigenvalue weighted by Crippen LogP contribution is 2.44. The van der Waals surface area contributed by atoms with Gasteiger partial charge < -0.3 is 19.8 Å². The molecule has 1 amide bonds. The largest absolute Gasteiger partial charge is 0.462 e. The number of nitrogens with zero attached hydrogens (tertiary/aromatic N) is 1. The molecule has 2 heterocycles. The zero-order chi connectivity index (χ0) is 29.3. The molecule has 4 aromatic rings. The first kappa shape index (κ1) is 28.5. The summed E-state index contributed by atoms with van der Waals surface area (Å²) in [4.78, 5) is 47.5. The molecule has 0 aliphatic heterocycles. The fourth-order valence-corrected chi connectivity index (χ4v) is 6.53. The lowest BCUT2D eigenvalue weighted by Gasteiger charge is -2.33. The quantitative estimate of drug-likeness (QED) is 0.237. The van der Waals surface area contributed by atoms with Crippen LogP contribution < -0.4 is 5.32 Å². The fourth-order valence-electron chi connectivity index (χ4n) is 5.19. The molecule has 1 unspecified atom stereocenters. The number of aromatic nitrogens is 2. The second-order valence-corrected chi connectivity index (χ2v) is 12.6. The number of fused-ring (bicyclic) bond motifs is 2. The molecular weight excluding hydrogens is 538 g/mol. The molecule has 0 saturated heterocycles. The van der Waals surface area contributed by atoms with Crippen molar-refractivity contribution in [3.05, 3.63) is 69.6 Å². The number of carbonyl (C=O) groups excluding carboxylic acids is 3. The van der Waals surface area contributed by atoms with Gasteiger partial charge in [-0.1, -0.05) is 50.6 Å². The highest BCUT2D eigenvalue weighted by atomic mass is 32.1. The molecule has 0 fully saturated rings. The summed E-state index contributed by atoms with van der Waals surface area (Å²) in [5.74, 6) is -0.399. The maximum absolute atomic E-state index is 12.9. The first-order valence-corrected chi connectivity index (χ1v) is 14.7. The van der Waals surface area contributed by atoms with Crippen LogP contribution in [0.15, 0.2) is 42.5 Å². The van der Waals surface area contributed by atoms with Crippen molar-refractivity contribution in [2.24, 2.45) is 11.3 Å². The molecule has 0 spiro atoms. The van der Waals surface area contributed by atoms with Gasteiger partial charge in [0.15, 0.2) is 6.61 Å². The summed E-state index contributed by atoms with van der Waals surface area (Å²) in [6.07, 6.45) is 2.58. The summed E-state index contributed by atoms with van der Waals surface area (Å²) in [6.45, 7) is 10.2. The van der Waals surface area contributed by atoms with Crippen LogP contribution in [0.25, 0.3) is 22.4 Å².